The van der Waals surface area contributed by atoms with E-state index in [9.17, 15) is 4.79 Å². The third kappa shape index (κ3) is 4.89. The number of methoxy groups -OCH3 is 1. The van der Waals surface area contributed by atoms with E-state index in [1.807, 2.05) is 39.8 Å². The van der Waals surface area contributed by atoms with Crippen LogP contribution in [0.25, 0.3) is 0 Å². The monoisotopic (exact) mass is 343 g/mol. The van der Waals surface area contributed by atoms with Gasteiger partial charge < -0.3 is 19.5 Å². The number of nitrogens with one attached hydrogen (secondary N) is 1. The van der Waals surface area contributed by atoms with Crippen LogP contribution in [0.3, 0.4) is 0 Å². The lowest BCUT2D eigenvalue weighted by Crippen LogP contribution is -2.20. The van der Waals surface area contributed by atoms with E-state index >= 15 is 0 Å². The smallest absolute Gasteiger partial charge is 0.262 e. The van der Waals surface area contributed by atoms with Crippen LogP contribution in [0.1, 0.15) is 23.6 Å². The maximum Gasteiger partial charge on any atom is 0.262 e. The molecule has 2 aromatic carbocycles. The van der Waals surface area contributed by atoms with Crippen molar-refractivity contribution in [2.24, 2.45) is 0 Å². The molecule has 0 unspecified atom stereocenters. The van der Waals surface area contributed by atoms with E-state index in [0.717, 1.165) is 16.9 Å². The molecule has 0 saturated carbocycles. The Morgan fingerprint density at radius 2 is 1.68 bits per heavy atom. The first-order valence-electron chi connectivity index (χ1n) is 8.26. The summed E-state index contributed by atoms with van der Waals surface area (Å²) in [5.74, 6) is 1.74. The lowest BCUT2D eigenvalue weighted by Gasteiger charge is -2.14. The fraction of sp³-hybridized carbons (Fsp3) is 0.350. The molecule has 2 rings (SSSR count). The van der Waals surface area contributed by atoms with Crippen molar-refractivity contribution in [3.05, 3.63) is 47.0 Å². The Labute approximate surface area is 148 Å². The highest BCUT2D eigenvalue weighted by molar-refractivity contribution is 5.92. The summed E-state index contributed by atoms with van der Waals surface area (Å²) >= 11 is 0. The standard InChI is InChI=1S/C20H25NO4/c1-6-24-17-8-7-16(11-18(17)23-5)21-19(22)12-25-20-14(3)9-13(2)10-15(20)4/h7-11H,6,12H2,1-5H3,(H,21,22). The van der Waals surface area contributed by atoms with Crippen LogP contribution >= 0.6 is 0 Å². The number of amides is 1. The van der Waals surface area contributed by atoms with Gasteiger partial charge in [-0.25, -0.2) is 0 Å². The van der Waals surface area contributed by atoms with Gasteiger partial charge in [-0.3, -0.25) is 4.79 Å². The van der Waals surface area contributed by atoms with E-state index in [-0.39, 0.29) is 12.5 Å². The molecule has 0 aliphatic rings. The number of ether oxygens (including phenoxy) is 3. The predicted octanol–water partition coefficient (Wildman–Crippen LogP) is 4.04. The minimum atomic E-state index is -0.231. The Balaban J connectivity index is 2.01. The van der Waals surface area contributed by atoms with Gasteiger partial charge in [-0.15, -0.1) is 0 Å². The Morgan fingerprint density at radius 1 is 1.00 bits per heavy atom. The average Bonchev–Trinajstić information content (AvgIpc) is 2.55. The lowest BCUT2D eigenvalue weighted by atomic mass is 10.1. The first kappa shape index (κ1) is 18.6. The van der Waals surface area contributed by atoms with E-state index in [1.54, 1.807) is 25.3 Å². The maximum atomic E-state index is 12.2. The van der Waals surface area contributed by atoms with Crippen molar-refractivity contribution in [2.75, 3.05) is 25.6 Å². The van der Waals surface area contributed by atoms with Gasteiger partial charge in [-0.05, 0) is 51.0 Å². The number of carbonyl (C=O) groups excluding carboxylic acids is 1. The normalized spacial score (nSPS) is 10.3. The summed E-state index contributed by atoms with van der Waals surface area (Å²) in [7, 11) is 1.56. The molecule has 0 radical (unpaired) electrons. The van der Waals surface area contributed by atoms with E-state index in [0.29, 0.717) is 23.8 Å². The topological polar surface area (TPSA) is 56.8 Å². The van der Waals surface area contributed by atoms with Crippen LogP contribution in [0.2, 0.25) is 0 Å². The zero-order chi connectivity index (χ0) is 18.4. The number of aryl methyl sites for hydroxylation is 3. The van der Waals surface area contributed by atoms with Gasteiger partial charge in [0.1, 0.15) is 5.75 Å². The molecule has 0 atom stereocenters. The van der Waals surface area contributed by atoms with Crippen molar-refractivity contribution < 1.29 is 19.0 Å². The van der Waals surface area contributed by atoms with E-state index < -0.39 is 0 Å². The molecule has 0 fully saturated rings. The van der Waals surface area contributed by atoms with Crippen molar-refractivity contribution in [1.82, 2.24) is 0 Å². The minimum absolute atomic E-state index is 0.0553. The molecule has 2 aromatic rings. The van der Waals surface area contributed by atoms with Gasteiger partial charge in [0, 0.05) is 11.8 Å². The molecule has 25 heavy (non-hydrogen) atoms. The molecule has 5 heteroatoms. The molecule has 0 bridgehead atoms. The van der Waals surface area contributed by atoms with Crippen molar-refractivity contribution in [3.8, 4) is 17.2 Å². The number of hydrogen-bond acceptors (Lipinski definition) is 4. The van der Waals surface area contributed by atoms with Crippen LogP contribution in [0.5, 0.6) is 17.2 Å². The summed E-state index contributed by atoms with van der Waals surface area (Å²) < 4.78 is 16.5. The molecule has 0 spiro atoms. The van der Waals surface area contributed by atoms with Crippen LogP contribution < -0.4 is 19.5 Å². The molecule has 0 aromatic heterocycles. The Bertz CT molecular complexity index is 732. The van der Waals surface area contributed by atoms with Gasteiger partial charge in [0.2, 0.25) is 0 Å². The van der Waals surface area contributed by atoms with Crippen LogP contribution in [0.4, 0.5) is 5.69 Å². The number of carbonyl (C=O) groups is 1. The second-order valence-electron chi connectivity index (χ2n) is 5.86. The first-order chi connectivity index (χ1) is 11.9. The second-order valence-corrected chi connectivity index (χ2v) is 5.86. The molecule has 134 valence electrons. The van der Waals surface area contributed by atoms with E-state index in [4.69, 9.17) is 14.2 Å². The Kier molecular flexibility index (Phi) is 6.28. The molecular weight excluding hydrogens is 318 g/mol. The highest BCUT2D eigenvalue weighted by atomic mass is 16.5. The summed E-state index contributed by atoms with van der Waals surface area (Å²) in [6.07, 6.45) is 0. The minimum Gasteiger partial charge on any atom is -0.493 e. The van der Waals surface area contributed by atoms with E-state index in [1.165, 1.54) is 5.56 Å². The lowest BCUT2D eigenvalue weighted by molar-refractivity contribution is -0.118. The van der Waals surface area contributed by atoms with Crippen molar-refractivity contribution >= 4 is 11.6 Å². The molecular formula is C20H25NO4. The van der Waals surface area contributed by atoms with Crippen LogP contribution in [-0.4, -0.2) is 26.2 Å². The molecule has 1 amide bonds. The van der Waals surface area contributed by atoms with Gasteiger partial charge in [0.25, 0.3) is 5.91 Å². The molecule has 0 heterocycles. The maximum absolute atomic E-state index is 12.2. The van der Waals surface area contributed by atoms with Gasteiger partial charge in [0.15, 0.2) is 18.1 Å². The number of rotatable bonds is 7. The quantitative estimate of drug-likeness (QED) is 0.824. The fourth-order valence-corrected chi connectivity index (χ4v) is 2.75. The highest BCUT2D eigenvalue weighted by Crippen LogP contribution is 2.30. The summed E-state index contributed by atoms with van der Waals surface area (Å²) in [5, 5.41) is 2.81. The number of hydrogen-bond donors (Lipinski definition) is 1. The third-order valence-corrected chi connectivity index (χ3v) is 3.70. The summed E-state index contributed by atoms with van der Waals surface area (Å²) in [6, 6.07) is 9.35. The van der Waals surface area contributed by atoms with Gasteiger partial charge >= 0.3 is 0 Å². The van der Waals surface area contributed by atoms with Crippen LogP contribution in [-0.2, 0) is 4.79 Å². The number of benzene rings is 2. The average molecular weight is 343 g/mol. The predicted molar refractivity (Wildman–Crippen MR) is 98.9 cm³/mol. The van der Waals surface area contributed by atoms with Gasteiger partial charge in [-0.2, -0.15) is 0 Å². The third-order valence-electron chi connectivity index (χ3n) is 3.70. The van der Waals surface area contributed by atoms with Crippen molar-refractivity contribution in [1.29, 1.82) is 0 Å². The summed E-state index contributed by atoms with van der Waals surface area (Å²) in [4.78, 5) is 12.2. The summed E-state index contributed by atoms with van der Waals surface area (Å²) in [5.41, 5.74) is 3.85. The summed E-state index contributed by atoms with van der Waals surface area (Å²) in [6.45, 7) is 8.39. The van der Waals surface area contributed by atoms with Crippen molar-refractivity contribution in [2.45, 2.75) is 27.7 Å². The zero-order valence-electron chi connectivity index (χ0n) is 15.4. The van der Waals surface area contributed by atoms with Crippen LogP contribution in [0.15, 0.2) is 30.3 Å². The van der Waals surface area contributed by atoms with Crippen molar-refractivity contribution in [3.63, 3.8) is 0 Å². The van der Waals surface area contributed by atoms with Gasteiger partial charge in [-0.1, -0.05) is 17.7 Å². The first-order valence-corrected chi connectivity index (χ1v) is 8.26. The molecule has 0 saturated heterocycles. The largest absolute Gasteiger partial charge is 0.493 e. The zero-order valence-corrected chi connectivity index (χ0v) is 15.4. The van der Waals surface area contributed by atoms with E-state index in [2.05, 4.69) is 5.32 Å². The molecule has 1 N–H and O–H groups in total. The SMILES string of the molecule is CCOc1ccc(NC(=O)COc2c(C)cc(C)cc2C)cc1OC. The molecule has 0 aliphatic carbocycles. The second kappa shape index (κ2) is 8.42. The van der Waals surface area contributed by atoms with Crippen LogP contribution in [0, 0.1) is 20.8 Å². The Morgan fingerprint density at radius 3 is 2.28 bits per heavy atom. The Hall–Kier alpha value is -2.69. The van der Waals surface area contributed by atoms with Gasteiger partial charge in [0.05, 0.1) is 13.7 Å². The number of anilines is 1. The molecule has 0 aliphatic heterocycles. The highest BCUT2D eigenvalue weighted by Gasteiger charge is 2.10. The fourth-order valence-electron chi connectivity index (χ4n) is 2.75. The molecule has 5 nitrogen and oxygen atoms in total.